The van der Waals surface area contributed by atoms with Gasteiger partial charge in [0.05, 0.1) is 0 Å². The molecule has 0 aromatic rings. The number of aliphatic carboxylic acids is 1. The third-order valence-electron chi connectivity index (χ3n) is 3.19. The first kappa shape index (κ1) is 9.00. The maximum atomic E-state index is 10.2. The number of hydrogen-bond donors (Lipinski definition) is 1. The van der Waals surface area contributed by atoms with Crippen molar-refractivity contribution in [2.75, 3.05) is 19.6 Å². The van der Waals surface area contributed by atoms with Gasteiger partial charge < -0.3 is 10.0 Å². The van der Waals surface area contributed by atoms with Crippen LogP contribution in [0.5, 0.6) is 0 Å². The summed E-state index contributed by atoms with van der Waals surface area (Å²) in [5.74, 6) is -0.665. The van der Waals surface area contributed by atoms with Gasteiger partial charge in [-0.1, -0.05) is 0 Å². The van der Waals surface area contributed by atoms with Crippen molar-refractivity contribution < 1.29 is 9.90 Å². The molecule has 1 heterocycles. The summed E-state index contributed by atoms with van der Waals surface area (Å²) in [7, 11) is 0. The summed E-state index contributed by atoms with van der Waals surface area (Å²) in [5.41, 5.74) is 0.743. The lowest BCUT2D eigenvalue weighted by Gasteiger charge is -2.40. The lowest BCUT2D eigenvalue weighted by atomic mass is 9.96. The fourth-order valence-electron chi connectivity index (χ4n) is 2.17. The molecule has 2 rings (SSSR count). The predicted molar refractivity (Wildman–Crippen MR) is 49.6 cm³/mol. The van der Waals surface area contributed by atoms with Crippen LogP contribution in [0.2, 0.25) is 0 Å². The summed E-state index contributed by atoms with van der Waals surface area (Å²) in [5, 5.41) is 8.43. The van der Waals surface area contributed by atoms with Crippen LogP contribution in [0.25, 0.3) is 0 Å². The fraction of sp³-hybridized carbons (Fsp3) is 0.900. The van der Waals surface area contributed by atoms with E-state index in [1.807, 2.05) is 0 Å². The molecule has 3 nitrogen and oxygen atoms in total. The van der Waals surface area contributed by atoms with Crippen molar-refractivity contribution in [2.45, 2.75) is 32.1 Å². The van der Waals surface area contributed by atoms with Crippen LogP contribution in [0, 0.1) is 5.41 Å². The van der Waals surface area contributed by atoms with Gasteiger partial charge in [-0.3, -0.25) is 4.79 Å². The second-order valence-electron chi connectivity index (χ2n) is 4.56. The van der Waals surface area contributed by atoms with E-state index in [1.165, 1.54) is 25.9 Å². The number of hydrogen-bond acceptors (Lipinski definition) is 2. The number of likely N-dealkylation sites (tertiary alicyclic amines) is 1. The topological polar surface area (TPSA) is 40.5 Å². The van der Waals surface area contributed by atoms with Crippen LogP contribution < -0.4 is 0 Å². The Morgan fingerprint density at radius 2 is 2.00 bits per heavy atom. The van der Waals surface area contributed by atoms with E-state index in [0.717, 1.165) is 24.8 Å². The standard InChI is InChI=1S/C10H17NO2/c12-9(13)3-1-2-6-11-7-10(8-11)4-5-10/h1-8H2,(H,12,13). The van der Waals surface area contributed by atoms with Crippen LogP contribution in [0.4, 0.5) is 0 Å². The number of rotatable bonds is 5. The number of unbranched alkanes of at least 4 members (excludes halogenated alkanes) is 1. The van der Waals surface area contributed by atoms with Gasteiger partial charge in [-0.25, -0.2) is 0 Å². The Hall–Kier alpha value is -0.570. The molecule has 74 valence electrons. The molecule has 1 aliphatic heterocycles. The fourth-order valence-corrected chi connectivity index (χ4v) is 2.17. The van der Waals surface area contributed by atoms with Crippen molar-refractivity contribution in [3.8, 4) is 0 Å². The van der Waals surface area contributed by atoms with E-state index >= 15 is 0 Å². The molecule has 0 radical (unpaired) electrons. The van der Waals surface area contributed by atoms with Gasteiger partial charge in [0.1, 0.15) is 0 Å². The van der Waals surface area contributed by atoms with E-state index in [1.54, 1.807) is 0 Å². The average Bonchev–Trinajstić information content (AvgIpc) is 2.75. The molecule has 3 heteroatoms. The summed E-state index contributed by atoms with van der Waals surface area (Å²) >= 11 is 0. The normalized spacial score (nSPS) is 24.3. The molecule has 1 N–H and O–H groups in total. The van der Waals surface area contributed by atoms with Crippen molar-refractivity contribution in [1.82, 2.24) is 4.90 Å². The van der Waals surface area contributed by atoms with Crippen molar-refractivity contribution >= 4 is 5.97 Å². The van der Waals surface area contributed by atoms with Crippen molar-refractivity contribution in [3.63, 3.8) is 0 Å². The highest BCUT2D eigenvalue weighted by molar-refractivity contribution is 5.66. The molecular weight excluding hydrogens is 166 g/mol. The molecule has 0 unspecified atom stereocenters. The molecule has 1 aliphatic carbocycles. The zero-order chi connectivity index (χ0) is 9.31. The zero-order valence-corrected chi connectivity index (χ0v) is 7.96. The Kier molecular flexibility index (Phi) is 2.28. The summed E-state index contributed by atoms with van der Waals surface area (Å²) < 4.78 is 0. The first-order valence-corrected chi connectivity index (χ1v) is 5.14. The van der Waals surface area contributed by atoms with Crippen molar-refractivity contribution in [1.29, 1.82) is 0 Å². The monoisotopic (exact) mass is 183 g/mol. The van der Waals surface area contributed by atoms with E-state index in [0.29, 0.717) is 6.42 Å². The minimum Gasteiger partial charge on any atom is -0.481 e. The van der Waals surface area contributed by atoms with Gasteiger partial charge in [-0.2, -0.15) is 0 Å². The minimum atomic E-state index is -0.665. The first-order valence-electron chi connectivity index (χ1n) is 5.14. The summed E-state index contributed by atoms with van der Waals surface area (Å²) in [6.07, 6.45) is 5.07. The molecule has 2 aliphatic rings. The van der Waals surface area contributed by atoms with Gasteiger partial charge in [0.2, 0.25) is 0 Å². The highest BCUT2D eigenvalue weighted by Gasteiger charge is 2.51. The van der Waals surface area contributed by atoms with Gasteiger partial charge in [-0.15, -0.1) is 0 Å². The van der Waals surface area contributed by atoms with Gasteiger partial charge in [0, 0.05) is 19.5 Å². The molecule has 0 atom stereocenters. The average molecular weight is 183 g/mol. The molecule has 1 spiro atoms. The van der Waals surface area contributed by atoms with Crippen LogP contribution in [0.15, 0.2) is 0 Å². The maximum absolute atomic E-state index is 10.2. The Morgan fingerprint density at radius 3 is 2.54 bits per heavy atom. The summed E-state index contributed by atoms with van der Waals surface area (Å²) in [6.45, 7) is 3.66. The summed E-state index contributed by atoms with van der Waals surface area (Å²) in [6, 6.07) is 0. The maximum Gasteiger partial charge on any atom is 0.303 e. The van der Waals surface area contributed by atoms with E-state index in [2.05, 4.69) is 4.90 Å². The number of carboxylic acids is 1. The highest BCUT2D eigenvalue weighted by Crippen LogP contribution is 2.52. The van der Waals surface area contributed by atoms with Gasteiger partial charge >= 0.3 is 5.97 Å². The molecule has 2 fully saturated rings. The zero-order valence-electron chi connectivity index (χ0n) is 7.96. The number of nitrogens with zero attached hydrogens (tertiary/aromatic N) is 1. The van der Waals surface area contributed by atoms with Crippen LogP contribution in [-0.2, 0) is 4.79 Å². The first-order chi connectivity index (χ1) is 6.20. The lowest BCUT2D eigenvalue weighted by molar-refractivity contribution is -0.137. The van der Waals surface area contributed by atoms with Gasteiger partial charge in [-0.05, 0) is 37.6 Å². The quantitative estimate of drug-likeness (QED) is 0.654. The molecule has 13 heavy (non-hydrogen) atoms. The van der Waals surface area contributed by atoms with Crippen LogP contribution in [0.1, 0.15) is 32.1 Å². The Morgan fingerprint density at radius 1 is 1.31 bits per heavy atom. The van der Waals surface area contributed by atoms with Gasteiger partial charge in [0.15, 0.2) is 0 Å². The summed E-state index contributed by atoms with van der Waals surface area (Å²) in [4.78, 5) is 12.7. The molecule has 1 saturated carbocycles. The second kappa shape index (κ2) is 3.29. The van der Waals surface area contributed by atoms with E-state index in [4.69, 9.17) is 5.11 Å². The predicted octanol–water partition coefficient (Wildman–Crippen LogP) is 1.34. The third kappa shape index (κ3) is 2.21. The Labute approximate surface area is 78.7 Å². The smallest absolute Gasteiger partial charge is 0.303 e. The van der Waals surface area contributed by atoms with Crippen molar-refractivity contribution in [3.05, 3.63) is 0 Å². The molecule has 0 aromatic heterocycles. The largest absolute Gasteiger partial charge is 0.481 e. The number of carbonyl (C=O) groups is 1. The Bertz CT molecular complexity index is 203. The molecule has 0 bridgehead atoms. The van der Waals surface area contributed by atoms with Crippen LogP contribution >= 0.6 is 0 Å². The number of carboxylic acid groups (broad SMARTS) is 1. The van der Waals surface area contributed by atoms with Crippen molar-refractivity contribution in [2.24, 2.45) is 5.41 Å². The van der Waals surface area contributed by atoms with Crippen LogP contribution in [-0.4, -0.2) is 35.6 Å². The second-order valence-corrected chi connectivity index (χ2v) is 4.56. The SMILES string of the molecule is O=C(O)CCCCN1CC2(CC2)C1. The molecule has 1 saturated heterocycles. The Balaban J connectivity index is 1.48. The minimum absolute atomic E-state index is 0.332. The van der Waals surface area contributed by atoms with E-state index in [9.17, 15) is 4.79 Å². The van der Waals surface area contributed by atoms with Crippen LogP contribution in [0.3, 0.4) is 0 Å². The molecule has 0 amide bonds. The van der Waals surface area contributed by atoms with E-state index < -0.39 is 5.97 Å². The van der Waals surface area contributed by atoms with Gasteiger partial charge in [0.25, 0.3) is 0 Å². The van der Waals surface area contributed by atoms with E-state index in [-0.39, 0.29) is 0 Å². The highest BCUT2D eigenvalue weighted by atomic mass is 16.4. The molecule has 0 aromatic carbocycles. The molecular formula is C10H17NO2. The third-order valence-corrected chi connectivity index (χ3v) is 3.19. The lowest BCUT2D eigenvalue weighted by Crippen LogP contribution is -2.48.